The number of rotatable bonds is 4. The summed E-state index contributed by atoms with van der Waals surface area (Å²) in [6.45, 7) is 1.72. The van der Waals surface area contributed by atoms with Crippen LogP contribution in [-0.4, -0.2) is 23.5 Å². The van der Waals surface area contributed by atoms with Gasteiger partial charge < -0.3 is 10.1 Å². The number of anilines is 1. The van der Waals surface area contributed by atoms with Crippen LogP contribution in [-0.2, 0) is 0 Å². The van der Waals surface area contributed by atoms with Crippen molar-refractivity contribution in [3.05, 3.63) is 31.6 Å². The molecule has 1 N–H and O–H groups in total. The first kappa shape index (κ1) is 19.5. The second-order valence-electron chi connectivity index (χ2n) is 4.36. The van der Waals surface area contributed by atoms with Crippen molar-refractivity contribution in [2.45, 2.75) is 17.6 Å². The van der Waals surface area contributed by atoms with Gasteiger partial charge in [-0.05, 0) is 57.2 Å². The zero-order valence-corrected chi connectivity index (χ0v) is 16.9. The maximum atomic E-state index is 12.4. The standard InChI is InChI=1S/C13H9Br2F3N2O2S2/c1-5-10(24-12(19-5)23-2)11(21)20-9-7(14)3-6(4-8(9)15)22-13(16,17)18/h3-4H,1-2H3,(H,20,21). The minimum atomic E-state index is -4.79. The molecule has 2 rings (SSSR count). The number of hydrogen-bond acceptors (Lipinski definition) is 5. The Labute approximate surface area is 160 Å². The number of benzene rings is 1. The van der Waals surface area contributed by atoms with Crippen LogP contribution in [0.5, 0.6) is 5.75 Å². The van der Waals surface area contributed by atoms with Crippen molar-refractivity contribution in [1.29, 1.82) is 0 Å². The molecule has 0 aliphatic carbocycles. The van der Waals surface area contributed by atoms with E-state index >= 15 is 0 Å². The lowest BCUT2D eigenvalue weighted by molar-refractivity contribution is -0.274. The van der Waals surface area contributed by atoms with Gasteiger partial charge in [-0.25, -0.2) is 4.98 Å². The maximum absolute atomic E-state index is 12.4. The second kappa shape index (κ2) is 7.63. The summed E-state index contributed by atoms with van der Waals surface area (Å²) in [4.78, 5) is 17.1. The quantitative estimate of drug-likeness (QED) is 0.529. The summed E-state index contributed by atoms with van der Waals surface area (Å²) in [6.07, 6.45) is -2.94. The van der Waals surface area contributed by atoms with E-state index in [1.807, 2.05) is 6.26 Å². The summed E-state index contributed by atoms with van der Waals surface area (Å²) in [6, 6.07) is 2.25. The molecule has 0 atom stereocenters. The third-order valence-corrected chi connectivity index (χ3v) is 6.04. The van der Waals surface area contributed by atoms with E-state index in [0.29, 0.717) is 16.3 Å². The van der Waals surface area contributed by atoms with E-state index in [1.54, 1.807) is 6.92 Å². The number of nitrogens with zero attached hydrogens (tertiary/aromatic N) is 1. The molecule has 0 unspecified atom stereocenters. The van der Waals surface area contributed by atoms with Crippen LogP contribution in [0.25, 0.3) is 0 Å². The van der Waals surface area contributed by atoms with Crippen molar-refractivity contribution < 1.29 is 22.7 Å². The molecule has 4 nitrogen and oxygen atoms in total. The number of aryl methyl sites for hydroxylation is 1. The van der Waals surface area contributed by atoms with E-state index in [2.05, 4.69) is 46.9 Å². The van der Waals surface area contributed by atoms with Crippen LogP contribution in [0.4, 0.5) is 18.9 Å². The van der Waals surface area contributed by atoms with Crippen LogP contribution < -0.4 is 10.1 Å². The minimum absolute atomic E-state index is 0.247. The number of thiazole rings is 1. The number of ether oxygens (including phenoxy) is 1. The Morgan fingerprint density at radius 2 is 1.92 bits per heavy atom. The van der Waals surface area contributed by atoms with Crippen LogP contribution in [0.1, 0.15) is 15.4 Å². The van der Waals surface area contributed by atoms with Gasteiger partial charge >= 0.3 is 6.36 Å². The maximum Gasteiger partial charge on any atom is 0.573 e. The number of aromatic nitrogens is 1. The molecule has 1 amide bonds. The molecule has 0 radical (unpaired) electrons. The van der Waals surface area contributed by atoms with Crippen molar-refractivity contribution in [3.8, 4) is 5.75 Å². The summed E-state index contributed by atoms with van der Waals surface area (Å²) in [7, 11) is 0. The average molecular weight is 506 g/mol. The number of carbonyl (C=O) groups is 1. The van der Waals surface area contributed by atoms with Crippen molar-refractivity contribution in [2.75, 3.05) is 11.6 Å². The number of nitrogens with one attached hydrogen (secondary N) is 1. The largest absolute Gasteiger partial charge is 0.573 e. The topological polar surface area (TPSA) is 51.2 Å². The van der Waals surface area contributed by atoms with Crippen LogP contribution in [0.3, 0.4) is 0 Å². The summed E-state index contributed by atoms with van der Waals surface area (Å²) in [5.74, 6) is -0.797. The highest BCUT2D eigenvalue weighted by Crippen LogP contribution is 2.38. The van der Waals surface area contributed by atoms with Crippen LogP contribution in [0.15, 0.2) is 25.4 Å². The van der Waals surface area contributed by atoms with Crippen molar-refractivity contribution in [3.63, 3.8) is 0 Å². The third kappa shape index (κ3) is 4.87. The predicted octanol–water partition coefficient (Wildman–Crippen LogP) is 5.85. The Hall–Kier alpha value is -0.780. The summed E-state index contributed by atoms with van der Waals surface area (Å²) in [5, 5.41) is 2.65. The van der Waals surface area contributed by atoms with E-state index in [4.69, 9.17) is 0 Å². The van der Waals surface area contributed by atoms with Gasteiger partial charge in [-0.15, -0.1) is 24.5 Å². The van der Waals surface area contributed by atoms with Gasteiger partial charge in [0, 0.05) is 8.95 Å². The lowest BCUT2D eigenvalue weighted by Crippen LogP contribution is -2.17. The van der Waals surface area contributed by atoms with Gasteiger partial charge in [0.25, 0.3) is 5.91 Å². The zero-order chi connectivity index (χ0) is 18.1. The van der Waals surface area contributed by atoms with E-state index in [1.165, 1.54) is 23.1 Å². The van der Waals surface area contributed by atoms with E-state index in [0.717, 1.165) is 16.5 Å². The molecular weight excluding hydrogens is 497 g/mol. The fraction of sp³-hybridized carbons (Fsp3) is 0.231. The van der Waals surface area contributed by atoms with Gasteiger partial charge in [0.15, 0.2) is 4.34 Å². The molecule has 0 aliphatic rings. The van der Waals surface area contributed by atoms with Crippen molar-refractivity contribution in [2.24, 2.45) is 0 Å². The van der Waals surface area contributed by atoms with Gasteiger partial charge in [0.05, 0.1) is 11.4 Å². The molecule has 0 aliphatic heterocycles. The number of alkyl halides is 3. The molecule has 0 bridgehead atoms. The van der Waals surface area contributed by atoms with Crippen molar-refractivity contribution in [1.82, 2.24) is 4.98 Å². The summed E-state index contributed by atoms with van der Waals surface area (Å²) < 4.78 is 42.0. The van der Waals surface area contributed by atoms with E-state index < -0.39 is 18.0 Å². The van der Waals surface area contributed by atoms with Crippen LogP contribution >= 0.6 is 55.0 Å². The molecule has 0 saturated heterocycles. The molecular formula is C13H9Br2F3N2O2S2. The highest BCUT2D eigenvalue weighted by Gasteiger charge is 2.31. The molecule has 24 heavy (non-hydrogen) atoms. The smallest absolute Gasteiger partial charge is 0.406 e. The lowest BCUT2D eigenvalue weighted by Gasteiger charge is -2.13. The Balaban J connectivity index is 2.26. The first-order chi connectivity index (χ1) is 11.1. The number of halogens is 5. The number of amides is 1. The van der Waals surface area contributed by atoms with Gasteiger partial charge in [-0.3, -0.25) is 4.79 Å². The molecule has 1 aromatic carbocycles. The fourth-order valence-corrected chi connectivity index (χ4v) is 4.55. The number of thioether (sulfide) groups is 1. The molecule has 130 valence electrons. The third-order valence-electron chi connectivity index (χ3n) is 2.65. The van der Waals surface area contributed by atoms with Gasteiger partial charge in [0.1, 0.15) is 10.6 Å². The predicted molar refractivity (Wildman–Crippen MR) is 95.1 cm³/mol. The lowest BCUT2D eigenvalue weighted by atomic mass is 10.3. The highest BCUT2D eigenvalue weighted by molar-refractivity contribution is 9.11. The molecule has 0 spiro atoms. The average Bonchev–Trinajstić information content (AvgIpc) is 2.82. The second-order valence-corrected chi connectivity index (χ2v) is 8.12. The zero-order valence-electron chi connectivity index (χ0n) is 12.1. The SMILES string of the molecule is CSc1nc(C)c(C(=O)Nc2c(Br)cc(OC(F)(F)F)cc2Br)s1. The minimum Gasteiger partial charge on any atom is -0.406 e. The number of hydrogen-bond donors (Lipinski definition) is 1. The summed E-state index contributed by atoms with van der Waals surface area (Å²) >= 11 is 8.94. The Morgan fingerprint density at radius 3 is 2.38 bits per heavy atom. The van der Waals surface area contributed by atoms with Crippen LogP contribution in [0, 0.1) is 6.92 Å². The van der Waals surface area contributed by atoms with Gasteiger partial charge in [-0.1, -0.05) is 11.8 Å². The van der Waals surface area contributed by atoms with E-state index in [-0.39, 0.29) is 8.95 Å². The van der Waals surface area contributed by atoms with Gasteiger partial charge in [-0.2, -0.15) is 0 Å². The van der Waals surface area contributed by atoms with E-state index in [9.17, 15) is 18.0 Å². The van der Waals surface area contributed by atoms with Crippen molar-refractivity contribution >= 4 is 66.6 Å². The van der Waals surface area contributed by atoms with Gasteiger partial charge in [0.2, 0.25) is 0 Å². The Kier molecular flexibility index (Phi) is 6.21. The molecule has 2 aromatic rings. The fourth-order valence-electron chi connectivity index (χ4n) is 1.70. The Morgan fingerprint density at radius 1 is 1.33 bits per heavy atom. The molecule has 1 aromatic heterocycles. The first-order valence-corrected chi connectivity index (χ1v) is 9.81. The Bertz CT molecular complexity index is 758. The number of carbonyl (C=O) groups excluding carboxylic acids is 1. The monoisotopic (exact) mass is 504 g/mol. The van der Waals surface area contributed by atoms with Crippen LogP contribution in [0.2, 0.25) is 0 Å². The highest BCUT2D eigenvalue weighted by atomic mass is 79.9. The molecule has 11 heteroatoms. The summed E-state index contributed by atoms with van der Waals surface area (Å²) in [5.41, 5.74) is 0.888. The molecule has 1 heterocycles. The normalized spacial score (nSPS) is 11.5. The molecule has 0 saturated carbocycles. The first-order valence-electron chi connectivity index (χ1n) is 6.18. The molecule has 0 fully saturated rings.